The van der Waals surface area contributed by atoms with E-state index in [0.29, 0.717) is 47.0 Å². The zero-order valence-corrected chi connectivity index (χ0v) is 17.6. The predicted octanol–water partition coefficient (Wildman–Crippen LogP) is 4.58. The number of halogens is 3. The Kier molecular flexibility index (Phi) is 5.96. The molecular weight excluding hydrogens is 425 g/mol. The first-order valence-corrected chi connectivity index (χ1v) is 10.1. The fraction of sp³-hybridized carbons (Fsp3) is 0.364. The highest BCUT2D eigenvalue weighted by molar-refractivity contribution is 5.91. The number of nitrogens with zero attached hydrogens (tertiary/aromatic N) is 2. The standard InChI is InChI=1S/C22H23F3N4O3/c1-12(13-5-14(22(23,24)25)7-15(26)6-13)29-21-17-8-20(32-16-3-4-31-10-16)19(30-2)9-18(17)27-11-28-21/h5-9,11-12,16H,3-4,10,26H2,1-2H3,(H,27,28,29)/t12-,16+/m1/s1. The molecule has 0 aliphatic carbocycles. The summed E-state index contributed by atoms with van der Waals surface area (Å²) in [6.45, 7) is 2.86. The van der Waals surface area contributed by atoms with Crippen LogP contribution in [0.5, 0.6) is 11.5 Å². The Morgan fingerprint density at radius 1 is 1.16 bits per heavy atom. The summed E-state index contributed by atoms with van der Waals surface area (Å²) in [5.41, 5.74) is 5.94. The fourth-order valence-electron chi connectivity index (χ4n) is 3.59. The van der Waals surface area contributed by atoms with Crippen molar-refractivity contribution < 1.29 is 27.4 Å². The Morgan fingerprint density at radius 2 is 1.97 bits per heavy atom. The van der Waals surface area contributed by atoms with Crippen molar-refractivity contribution >= 4 is 22.4 Å². The molecule has 3 aromatic rings. The lowest BCUT2D eigenvalue weighted by atomic mass is 10.0. The summed E-state index contributed by atoms with van der Waals surface area (Å²) in [6, 6.07) is 6.50. The number of aromatic nitrogens is 2. The van der Waals surface area contributed by atoms with Crippen molar-refractivity contribution in [2.45, 2.75) is 31.7 Å². The number of nitrogens with one attached hydrogen (secondary N) is 1. The number of hydrogen-bond acceptors (Lipinski definition) is 7. The molecule has 1 aliphatic heterocycles. The molecule has 0 amide bonds. The van der Waals surface area contributed by atoms with Gasteiger partial charge in [0, 0.05) is 23.6 Å². The summed E-state index contributed by atoms with van der Waals surface area (Å²) in [5, 5.41) is 3.82. The van der Waals surface area contributed by atoms with E-state index in [1.54, 1.807) is 26.2 Å². The van der Waals surface area contributed by atoms with Gasteiger partial charge in [-0.15, -0.1) is 0 Å². The summed E-state index contributed by atoms with van der Waals surface area (Å²) in [4.78, 5) is 8.58. The van der Waals surface area contributed by atoms with Gasteiger partial charge in [0.25, 0.3) is 0 Å². The van der Waals surface area contributed by atoms with E-state index in [0.717, 1.165) is 18.6 Å². The van der Waals surface area contributed by atoms with Crippen molar-refractivity contribution in [1.29, 1.82) is 0 Å². The highest BCUT2D eigenvalue weighted by Gasteiger charge is 2.31. The van der Waals surface area contributed by atoms with E-state index in [1.165, 1.54) is 12.4 Å². The van der Waals surface area contributed by atoms with Gasteiger partial charge in [-0.1, -0.05) is 0 Å². The van der Waals surface area contributed by atoms with Gasteiger partial charge in [0.15, 0.2) is 11.5 Å². The molecule has 2 atom stereocenters. The third-order valence-electron chi connectivity index (χ3n) is 5.26. The Bertz CT molecular complexity index is 1120. The van der Waals surface area contributed by atoms with Gasteiger partial charge in [0.2, 0.25) is 0 Å². The van der Waals surface area contributed by atoms with E-state index in [-0.39, 0.29) is 11.8 Å². The molecule has 0 spiro atoms. The molecule has 170 valence electrons. The second kappa shape index (κ2) is 8.70. The van der Waals surface area contributed by atoms with E-state index in [4.69, 9.17) is 19.9 Å². The van der Waals surface area contributed by atoms with Gasteiger partial charge in [0.1, 0.15) is 18.2 Å². The summed E-state index contributed by atoms with van der Waals surface area (Å²) < 4.78 is 56.4. The van der Waals surface area contributed by atoms with Crippen LogP contribution in [0.25, 0.3) is 10.9 Å². The van der Waals surface area contributed by atoms with E-state index in [1.807, 2.05) is 0 Å². The average molecular weight is 448 g/mol. The van der Waals surface area contributed by atoms with Crippen LogP contribution in [-0.2, 0) is 10.9 Å². The molecule has 0 unspecified atom stereocenters. The number of fused-ring (bicyclic) bond motifs is 1. The lowest BCUT2D eigenvalue weighted by Gasteiger charge is -2.20. The number of methoxy groups -OCH3 is 1. The minimum absolute atomic E-state index is 0.0372. The van der Waals surface area contributed by atoms with Gasteiger partial charge in [-0.25, -0.2) is 9.97 Å². The Morgan fingerprint density at radius 3 is 2.66 bits per heavy atom. The zero-order chi connectivity index (χ0) is 22.9. The Hall–Kier alpha value is -3.27. The number of nitrogens with two attached hydrogens (primary N) is 1. The van der Waals surface area contributed by atoms with Crippen LogP contribution in [-0.4, -0.2) is 36.4 Å². The first kappa shape index (κ1) is 21.9. The van der Waals surface area contributed by atoms with Crippen LogP contribution in [0, 0.1) is 0 Å². The number of hydrogen-bond donors (Lipinski definition) is 2. The largest absolute Gasteiger partial charge is 0.493 e. The van der Waals surface area contributed by atoms with Gasteiger partial charge in [-0.2, -0.15) is 13.2 Å². The van der Waals surface area contributed by atoms with Crippen molar-refractivity contribution in [3.8, 4) is 11.5 Å². The van der Waals surface area contributed by atoms with Crippen LogP contribution in [0.1, 0.15) is 30.5 Å². The molecule has 0 saturated carbocycles. The number of rotatable bonds is 6. The summed E-state index contributed by atoms with van der Waals surface area (Å²) in [6.07, 6.45) is -2.43. The quantitative estimate of drug-likeness (QED) is 0.534. The molecule has 0 bridgehead atoms. The van der Waals surface area contributed by atoms with Crippen LogP contribution in [0.2, 0.25) is 0 Å². The second-order valence-corrected chi connectivity index (χ2v) is 7.60. The average Bonchev–Trinajstić information content (AvgIpc) is 3.25. The molecule has 2 heterocycles. The zero-order valence-electron chi connectivity index (χ0n) is 17.6. The summed E-state index contributed by atoms with van der Waals surface area (Å²) >= 11 is 0. The number of alkyl halides is 3. The lowest BCUT2D eigenvalue weighted by molar-refractivity contribution is -0.137. The maximum Gasteiger partial charge on any atom is 0.416 e. The van der Waals surface area contributed by atoms with Crippen molar-refractivity contribution in [3.05, 3.63) is 47.8 Å². The lowest BCUT2D eigenvalue weighted by Crippen LogP contribution is -2.16. The molecule has 7 nitrogen and oxygen atoms in total. The first-order valence-electron chi connectivity index (χ1n) is 10.1. The van der Waals surface area contributed by atoms with Crippen LogP contribution < -0.4 is 20.5 Å². The molecule has 0 radical (unpaired) electrons. The maximum atomic E-state index is 13.2. The van der Waals surface area contributed by atoms with Crippen molar-refractivity contribution in [3.63, 3.8) is 0 Å². The highest BCUT2D eigenvalue weighted by atomic mass is 19.4. The second-order valence-electron chi connectivity index (χ2n) is 7.60. The number of anilines is 2. The Labute approximate surface area is 182 Å². The molecule has 1 aliphatic rings. The van der Waals surface area contributed by atoms with E-state index in [9.17, 15) is 13.2 Å². The fourth-order valence-corrected chi connectivity index (χ4v) is 3.59. The molecule has 1 saturated heterocycles. The van der Waals surface area contributed by atoms with Crippen molar-refractivity contribution in [1.82, 2.24) is 9.97 Å². The van der Waals surface area contributed by atoms with Crippen LogP contribution in [0.4, 0.5) is 24.7 Å². The summed E-state index contributed by atoms with van der Waals surface area (Å²) in [5.74, 6) is 1.49. The normalized spacial score (nSPS) is 17.3. The van der Waals surface area contributed by atoms with Crippen molar-refractivity contribution in [2.24, 2.45) is 0 Å². The molecule has 3 N–H and O–H groups in total. The Balaban J connectivity index is 1.67. The van der Waals surface area contributed by atoms with Gasteiger partial charge in [-0.3, -0.25) is 0 Å². The van der Waals surface area contributed by atoms with Crippen molar-refractivity contribution in [2.75, 3.05) is 31.4 Å². The highest BCUT2D eigenvalue weighted by Crippen LogP contribution is 2.37. The minimum atomic E-state index is -4.49. The minimum Gasteiger partial charge on any atom is -0.493 e. The predicted molar refractivity (Wildman–Crippen MR) is 114 cm³/mol. The first-order chi connectivity index (χ1) is 15.2. The summed E-state index contributed by atoms with van der Waals surface area (Å²) in [7, 11) is 1.54. The van der Waals surface area contributed by atoms with Gasteiger partial charge >= 0.3 is 6.18 Å². The SMILES string of the molecule is COc1cc2ncnc(N[C@H](C)c3cc(N)cc(C(F)(F)F)c3)c2cc1O[C@H]1CCOC1. The van der Waals surface area contributed by atoms with Crippen LogP contribution in [0.3, 0.4) is 0 Å². The molecule has 2 aromatic carbocycles. The smallest absolute Gasteiger partial charge is 0.416 e. The number of benzene rings is 2. The third-order valence-corrected chi connectivity index (χ3v) is 5.26. The van der Waals surface area contributed by atoms with Gasteiger partial charge in [-0.05, 0) is 36.8 Å². The van der Waals surface area contributed by atoms with E-state index in [2.05, 4.69) is 15.3 Å². The molecule has 1 aromatic heterocycles. The third kappa shape index (κ3) is 4.64. The maximum absolute atomic E-state index is 13.2. The number of ether oxygens (including phenoxy) is 3. The van der Waals surface area contributed by atoms with E-state index >= 15 is 0 Å². The molecule has 4 rings (SSSR count). The van der Waals surface area contributed by atoms with Crippen LogP contribution >= 0.6 is 0 Å². The van der Waals surface area contributed by atoms with Gasteiger partial charge in [0.05, 0.1) is 37.4 Å². The van der Waals surface area contributed by atoms with Crippen LogP contribution in [0.15, 0.2) is 36.7 Å². The number of nitrogen functional groups attached to an aromatic ring is 1. The molecule has 1 fully saturated rings. The molecule has 10 heteroatoms. The monoisotopic (exact) mass is 448 g/mol. The topological polar surface area (TPSA) is 91.5 Å². The molecule has 32 heavy (non-hydrogen) atoms. The van der Waals surface area contributed by atoms with E-state index < -0.39 is 17.8 Å². The molecular formula is C22H23F3N4O3. The van der Waals surface area contributed by atoms with Gasteiger partial charge < -0.3 is 25.3 Å².